The van der Waals surface area contributed by atoms with Crippen LogP contribution in [0.1, 0.15) is 43.6 Å². The van der Waals surface area contributed by atoms with Crippen molar-refractivity contribution in [3.63, 3.8) is 0 Å². The second kappa shape index (κ2) is 3.01. The van der Waals surface area contributed by atoms with Gasteiger partial charge in [0.25, 0.3) is 5.56 Å². The van der Waals surface area contributed by atoms with Crippen LogP contribution in [0.5, 0.6) is 0 Å². The standard InChI is InChI=1S/C11H16N2O/c14-11-10(9-4-5-9)8-12-6-2-1-3-7-13(11)12/h8-9H,1-7H2. The highest BCUT2D eigenvalue weighted by Gasteiger charge is 2.29. The van der Waals surface area contributed by atoms with E-state index >= 15 is 0 Å². The third-order valence-electron chi connectivity index (χ3n) is 3.35. The van der Waals surface area contributed by atoms with E-state index in [1.165, 1.54) is 25.7 Å². The number of aryl methyl sites for hydroxylation is 1. The monoisotopic (exact) mass is 192 g/mol. The molecular weight excluding hydrogens is 176 g/mol. The van der Waals surface area contributed by atoms with Crippen molar-refractivity contribution >= 4 is 0 Å². The molecular formula is C11H16N2O. The van der Waals surface area contributed by atoms with Crippen molar-refractivity contribution in [3.05, 3.63) is 22.1 Å². The zero-order valence-electron chi connectivity index (χ0n) is 8.41. The normalized spacial score (nSPS) is 21.7. The predicted octanol–water partition coefficient (Wildman–Crippen LogP) is 1.71. The summed E-state index contributed by atoms with van der Waals surface area (Å²) in [5.74, 6) is 0.592. The Balaban J connectivity index is 2.06. The molecule has 0 atom stereocenters. The summed E-state index contributed by atoms with van der Waals surface area (Å²) in [7, 11) is 0. The first-order valence-electron chi connectivity index (χ1n) is 5.66. The summed E-state index contributed by atoms with van der Waals surface area (Å²) in [4.78, 5) is 12.0. The number of hydrogen-bond acceptors (Lipinski definition) is 1. The predicted molar refractivity (Wildman–Crippen MR) is 54.5 cm³/mol. The van der Waals surface area contributed by atoms with E-state index in [9.17, 15) is 4.79 Å². The fourth-order valence-corrected chi connectivity index (χ4v) is 2.35. The van der Waals surface area contributed by atoms with Crippen LogP contribution in [0.3, 0.4) is 0 Å². The van der Waals surface area contributed by atoms with Gasteiger partial charge >= 0.3 is 0 Å². The van der Waals surface area contributed by atoms with E-state index in [0.29, 0.717) is 5.92 Å². The summed E-state index contributed by atoms with van der Waals surface area (Å²) in [5, 5.41) is 0. The Labute approximate surface area is 83.3 Å². The molecule has 3 rings (SSSR count). The van der Waals surface area contributed by atoms with E-state index < -0.39 is 0 Å². The molecule has 0 spiro atoms. The number of nitrogens with zero attached hydrogens (tertiary/aromatic N) is 2. The Hall–Kier alpha value is -0.990. The van der Waals surface area contributed by atoms with Gasteiger partial charge in [-0.3, -0.25) is 14.2 Å². The summed E-state index contributed by atoms with van der Waals surface area (Å²) in [6.45, 7) is 1.95. The quantitative estimate of drug-likeness (QED) is 0.665. The molecule has 1 fully saturated rings. The molecule has 2 heterocycles. The summed E-state index contributed by atoms with van der Waals surface area (Å²) in [6.07, 6.45) is 8.18. The number of rotatable bonds is 1. The molecule has 0 bridgehead atoms. The lowest BCUT2D eigenvalue weighted by Crippen LogP contribution is -2.22. The largest absolute Gasteiger partial charge is 0.290 e. The average Bonchev–Trinajstić information content (AvgIpc) is 2.99. The first-order valence-corrected chi connectivity index (χ1v) is 5.66. The van der Waals surface area contributed by atoms with Crippen molar-refractivity contribution in [3.8, 4) is 0 Å². The van der Waals surface area contributed by atoms with Crippen LogP contribution in [-0.4, -0.2) is 9.36 Å². The number of fused-ring (bicyclic) bond motifs is 1. The van der Waals surface area contributed by atoms with E-state index in [-0.39, 0.29) is 5.56 Å². The number of aromatic nitrogens is 2. The van der Waals surface area contributed by atoms with Gasteiger partial charge < -0.3 is 0 Å². The highest BCUT2D eigenvalue weighted by atomic mass is 16.1. The van der Waals surface area contributed by atoms with Crippen LogP contribution < -0.4 is 5.56 Å². The first-order chi connectivity index (χ1) is 6.86. The van der Waals surface area contributed by atoms with Crippen molar-refractivity contribution in [2.45, 2.75) is 51.1 Å². The van der Waals surface area contributed by atoms with E-state index in [0.717, 1.165) is 25.1 Å². The van der Waals surface area contributed by atoms with Crippen LogP contribution in [0.4, 0.5) is 0 Å². The summed E-state index contributed by atoms with van der Waals surface area (Å²) >= 11 is 0. The smallest absolute Gasteiger partial charge is 0.270 e. The minimum atomic E-state index is 0.286. The molecule has 1 aliphatic carbocycles. The van der Waals surface area contributed by atoms with E-state index in [1.807, 2.05) is 4.68 Å². The lowest BCUT2D eigenvalue weighted by molar-refractivity contribution is 0.477. The highest BCUT2D eigenvalue weighted by molar-refractivity contribution is 5.18. The molecule has 3 nitrogen and oxygen atoms in total. The van der Waals surface area contributed by atoms with Crippen LogP contribution in [-0.2, 0) is 13.1 Å². The average molecular weight is 192 g/mol. The molecule has 0 saturated heterocycles. The molecule has 0 radical (unpaired) electrons. The van der Waals surface area contributed by atoms with E-state index in [1.54, 1.807) is 0 Å². The Bertz CT molecular complexity index is 398. The maximum Gasteiger partial charge on any atom is 0.270 e. The van der Waals surface area contributed by atoms with Crippen molar-refractivity contribution in [2.75, 3.05) is 0 Å². The fraction of sp³-hybridized carbons (Fsp3) is 0.727. The summed E-state index contributed by atoms with van der Waals surface area (Å²) in [5.41, 5.74) is 1.36. The Morgan fingerprint density at radius 2 is 1.93 bits per heavy atom. The summed E-state index contributed by atoms with van der Waals surface area (Å²) in [6, 6.07) is 0. The van der Waals surface area contributed by atoms with Gasteiger partial charge in [-0.1, -0.05) is 0 Å². The minimum Gasteiger partial charge on any atom is -0.290 e. The molecule has 1 saturated carbocycles. The molecule has 1 aromatic rings. The fourth-order valence-electron chi connectivity index (χ4n) is 2.35. The second-order valence-corrected chi connectivity index (χ2v) is 4.51. The Morgan fingerprint density at radius 3 is 2.71 bits per heavy atom. The molecule has 0 N–H and O–H groups in total. The maximum atomic E-state index is 12.0. The van der Waals surface area contributed by atoms with Gasteiger partial charge in [0.1, 0.15) is 0 Å². The number of hydrogen-bond donors (Lipinski definition) is 0. The van der Waals surface area contributed by atoms with Crippen molar-refractivity contribution < 1.29 is 0 Å². The lowest BCUT2D eigenvalue weighted by Gasteiger charge is -2.04. The maximum absolute atomic E-state index is 12.0. The molecule has 0 aromatic carbocycles. The lowest BCUT2D eigenvalue weighted by atomic mass is 10.2. The second-order valence-electron chi connectivity index (χ2n) is 4.51. The molecule has 76 valence electrons. The van der Waals surface area contributed by atoms with Gasteiger partial charge in [0.2, 0.25) is 0 Å². The van der Waals surface area contributed by atoms with Crippen LogP contribution in [0.2, 0.25) is 0 Å². The Morgan fingerprint density at radius 1 is 1.14 bits per heavy atom. The van der Waals surface area contributed by atoms with Gasteiger partial charge in [0, 0.05) is 24.8 Å². The van der Waals surface area contributed by atoms with Gasteiger partial charge in [0.15, 0.2) is 0 Å². The topological polar surface area (TPSA) is 26.9 Å². The highest BCUT2D eigenvalue weighted by Crippen LogP contribution is 2.38. The molecule has 3 heteroatoms. The molecule has 2 aliphatic rings. The zero-order valence-corrected chi connectivity index (χ0v) is 8.41. The van der Waals surface area contributed by atoms with Crippen LogP contribution >= 0.6 is 0 Å². The van der Waals surface area contributed by atoms with Crippen molar-refractivity contribution in [2.24, 2.45) is 0 Å². The van der Waals surface area contributed by atoms with Crippen LogP contribution in [0.15, 0.2) is 11.0 Å². The van der Waals surface area contributed by atoms with Gasteiger partial charge in [-0.25, -0.2) is 0 Å². The summed E-state index contributed by atoms with van der Waals surface area (Å²) < 4.78 is 4.09. The minimum absolute atomic E-state index is 0.286. The van der Waals surface area contributed by atoms with Gasteiger partial charge in [-0.05, 0) is 38.0 Å². The zero-order chi connectivity index (χ0) is 9.54. The Kier molecular flexibility index (Phi) is 1.79. The third kappa shape index (κ3) is 1.22. The molecule has 14 heavy (non-hydrogen) atoms. The molecule has 1 aromatic heterocycles. The van der Waals surface area contributed by atoms with Crippen molar-refractivity contribution in [1.82, 2.24) is 9.36 Å². The van der Waals surface area contributed by atoms with Crippen LogP contribution in [0, 0.1) is 0 Å². The molecule has 0 amide bonds. The van der Waals surface area contributed by atoms with E-state index in [4.69, 9.17) is 0 Å². The van der Waals surface area contributed by atoms with Gasteiger partial charge in [0.05, 0.1) is 0 Å². The molecule has 1 aliphatic heterocycles. The van der Waals surface area contributed by atoms with Crippen molar-refractivity contribution in [1.29, 1.82) is 0 Å². The first kappa shape index (κ1) is 8.33. The van der Waals surface area contributed by atoms with Gasteiger partial charge in [-0.15, -0.1) is 0 Å². The SMILES string of the molecule is O=c1c(C2CC2)cn2n1CCCCC2. The van der Waals surface area contributed by atoms with Crippen LogP contribution in [0.25, 0.3) is 0 Å². The molecule has 0 unspecified atom stereocenters. The van der Waals surface area contributed by atoms with Gasteiger partial charge in [-0.2, -0.15) is 0 Å². The third-order valence-corrected chi connectivity index (χ3v) is 3.35. The van der Waals surface area contributed by atoms with E-state index in [2.05, 4.69) is 10.9 Å².